The van der Waals surface area contributed by atoms with E-state index >= 15 is 0 Å². The van der Waals surface area contributed by atoms with Crippen LogP contribution in [-0.4, -0.2) is 22.1 Å². The molecule has 5 heteroatoms. The smallest absolute Gasteiger partial charge is 0.339 e. The van der Waals surface area contributed by atoms with E-state index in [2.05, 4.69) is 12.2 Å². The second kappa shape index (κ2) is 12.3. The van der Waals surface area contributed by atoms with Gasteiger partial charge in [0.25, 0.3) is 0 Å². The van der Waals surface area contributed by atoms with Crippen molar-refractivity contribution in [3.8, 4) is 5.75 Å². The second-order valence-corrected chi connectivity index (χ2v) is 6.52. The zero-order valence-electron chi connectivity index (χ0n) is 15.2. The van der Waals surface area contributed by atoms with Gasteiger partial charge < -0.3 is 15.5 Å². The Kier molecular flexibility index (Phi) is 10.4. The molecular weight excluding hydrogens is 318 g/mol. The highest BCUT2D eigenvalue weighted by atomic mass is 16.4. The molecule has 0 saturated heterocycles. The van der Waals surface area contributed by atoms with E-state index in [0.717, 1.165) is 19.3 Å². The molecule has 1 aromatic carbocycles. The standard InChI is InChI=1S/C20H31NO4/c1-2-3-4-5-6-7-8-9-10-11-12-19(23)21-16-13-14-18(22)17(15-16)20(24)25/h13-15,22H,2-12H2,1H3,(H,21,23)(H,24,25). The lowest BCUT2D eigenvalue weighted by atomic mass is 10.1. The number of amides is 1. The summed E-state index contributed by atoms with van der Waals surface area (Å²) in [6, 6.07) is 4.05. The van der Waals surface area contributed by atoms with Crippen molar-refractivity contribution < 1.29 is 19.8 Å². The van der Waals surface area contributed by atoms with Crippen LogP contribution in [0.3, 0.4) is 0 Å². The van der Waals surface area contributed by atoms with E-state index in [-0.39, 0.29) is 17.2 Å². The Balaban J connectivity index is 2.13. The molecule has 1 rings (SSSR count). The summed E-state index contributed by atoms with van der Waals surface area (Å²) in [4.78, 5) is 22.9. The van der Waals surface area contributed by atoms with Crippen LogP contribution in [0.1, 0.15) is 87.9 Å². The van der Waals surface area contributed by atoms with Crippen molar-refractivity contribution in [2.45, 2.75) is 77.6 Å². The van der Waals surface area contributed by atoms with Crippen LogP contribution in [0.15, 0.2) is 18.2 Å². The van der Waals surface area contributed by atoms with E-state index in [9.17, 15) is 14.7 Å². The highest BCUT2D eigenvalue weighted by molar-refractivity contribution is 5.95. The molecule has 0 fully saturated rings. The number of rotatable bonds is 13. The van der Waals surface area contributed by atoms with Gasteiger partial charge in [-0.25, -0.2) is 4.79 Å². The minimum absolute atomic E-state index is 0.124. The summed E-state index contributed by atoms with van der Waals surface area (Å²) < 4.78 is 0. The van der Waals surface area contributed by atoms with Crippen LogP contribution >= 0.6 is 0 Å². The number of anilines is 1. The first-order valence-corrected chi connectivity index (χ1v) is 9.40. The van der Waals surface area contributed by atoms with E-state index < -0.39 is 5.97 Å². The number of carbonyl (C=O) groups is 2. The van der Waals surface area contributed by atoms with Crippen molar-refractivity contribution >= 4 is 17.6 Å². The number of hydrogen-bond donors (Lipinski definition) is 3. The lowest BCUT2D eigenvalue weighted by Crippen LogP contribution is -2.11. The zero-order valence-corrected chi connectivity index (χ0v) is 15.2. The Morgan fingerprint density at radius 2 is 1.48 bits per heavy atom. The van der Waals surface area contributed by atoms with Crippen molar-refractivity contribution in [1.29, 1.82) is 0 Å². The van der Waals surface area contributed by atoms with Gasteiger partial charge in [-0.1, -0.05) is 64.7 Å². The maximum Gasteiger partial charge on any atom is 0.339 e. The molecule has 0 unspecified atom stereocenters. The van der Waals surface area contributed by atoms with Gasteiger partial charge in [0.1, 0.15) is 11.3 Å². The molecule has 0 heterocycles. The number of carbonyl (C=O) groups excluding carboxylic acids is 1. The SMILES string of the molecule is CCCCCCCCCCCCC(=O)Nc1ccc(O)c(C(=O)O)c1. The van der Waals surface area contributed by atoms with Gasteiger partial charge in [-0.2, -0.15) is 0 Å². The van der Waals surface area contributed by atoms with Crippen molar-refractivity contribution in [2.75, 3.05) is 5.32 Å². The molecule has 3 N–H and O–H groups in total. The molecule has 0 radical (unpaired) electrons. The third-order valence-electron chi connectivity index (χ3n) is 4.27. The molecule has 0 spiro atoms. The van der Waals surface area contributed by atoms with Gasteiger partial charge in [0.05, 0.1) is 0 Å². The molecule has 25 heavy (non-hydrogen) atoms. The van der Waals surface area contributed by atoms with Crippen LogP contribution in [0.25, 0.3) is 0 Å². The topological polar surface area (TPSA) is 86.6 Å². The summed E-state index contributed by atoms with van der Waals surface area (Å²) in [6.45, 7) is 2.23. The van der Waals surface area contributed by atoms with Crippen molar-refractivity contribution in [1.82, 2.24) is 0 Å². The molecule has 0 aliphatic rings. The predicted octanol–water partition coefficient (Wildman–Crippen LogP) is 5.34. The fraction of sp³-hybridized carbons (Fsp3) is 0.600. The van der Waals surface area contributed by atoms with Gasteiger partial charge in [0.15, 0.2) is 0 Å². The fourth-order valence-corrected chi connectivity index (χ4v) is 2.78. The highest BCUT2D eigenvalue weighted by Gasteiger charge is 2.11. The number of aromatic carboxylic acids is 1. The van der Waals surface area contributed by atoms with Crippen LogP contribution in [0.4, 0.5) is 5.69 Å². The third kappa shape index (κ3) is 9.13. The first-order valence-electron chi connectivity index (χ1n) is 9.40. The van der Waals surface area contributed by atoms with Crippen molar-refractivity contribution in [2.24, 2.45) is 0 Å². The molecule has 5 nitrogen and oxygen atoms in total. The average Bonchev–Trinajstić information content (AvgIpc) is 2.58. The van der Waals surface area contributed by atoms with Gasteiger partial charge in [0.2, 0.25) is 5.91 Å². The molecule has 140 valence electrons. The van der Waals surface area contributed by atoms with Crippen LogP contribution < -0.4 is 5.32 Å². The summed E-state index contributed by atoms with van der Waals surface area (Å²) >= 11 is 0. The number of phenols is 1. The van der Waals surface area contributed by atoms with Gasteiger partial charge in [-0.3, -0.25) is 4.79 Å². The molecule has 0 bridgehead atoms. The van der Waals surface area contributed by atoms with Crippen LogP contribution in [-0.2, 0) is 4.79 Å². The summed E-state index contributed by atoms with van der Waals surface area (Å²) in [7, 11) is 0. The average molecular weight is 349 g/mol. The second-order valence-electron chi connectivity index (χ2n) is 6.52. The predicted molar refractivity (Wildman–Crippen MR) is 100 cm³/mol. The van der Waals surface area contributed by atoms with E-state index in [1.54, 1.807) is 0 Å². The van der Waals surface area contributed by atoms with Gasteiger partial charge in [0, 0.05) is 12.1 Å². The van der Waals surface area contributed by atoms with Crippen LogP contribution in [0.2, 0.25) is 0 Å². The Hall–Kier alpha value is -2.04. The Morgan fingerprint density at radius 1 is 0.920 bits per heavy atom. The molecule has 0 aliphatic carbocycles. The molecule has 0 aromatic heterocycles. The highest BCUT2D eigenvalue weighted by Crippen LogP contribution is 2.21. The molecular formula is C20H31NO4. The van der Waals surface area contributed by atoms with Crippen LogP contribution in [0.5, 0.6) is 5.75 Å². The Labute approximate surface area is 150 Å². The summed E-state index contributed by atoms with van der Waals surface area (Å²) in [6.07, 6.45) is 12.6. The number of unbranched alkanes of at least 4 members (excludes halogenated alkanes) is 9. The lowest BCUT2D eigenvalue weighted by Gasteiger charge is -2.07. The minimum atomic E-state index is -1.22. The van der Waals surface area contributed by atoms with Gasteiger partial charge in [-0.05, 0) is 24.6 Å². The zero-order chi connectivity index (χ0) is 18.5. The fourth-order valence-electron chi connectivity index (χ4n) is 2.78. The van der Waals surface area contributed by atoms with E-state index in [0.29, 0.717) is 12.1 Å². The first-order chi connectivity index (χ1) is 12.0. The van der Waals surface area contributed by atoms with E-state index in [4.69, 9.17) is 5.11 Å². The van der Waals surface area contributed by atoms with Crippen LogP contribution in [0, 0.1) is 0 Å². The van der Waals surface area contributed by atoms with Crippen molar-refractivity contribution in [3.05, 3.63) is 23.8 Å². The molecule has 1 aromatic rings. The summed E-state index contributed by atoms with van der Waals surface area (Å²) in [5.41, 5.74) is 0.184. The third-order valence-corrected chi connectivity index (χ3v) is 4.27. The Morgan fingerprint density at radius 3 is 2.04 bits per heavy atom. The minimum Gasteiger partial charge on any atom is -0.507 e. The first kappa shape index (κ1) is 21.0. The normalized spacial score (nSPS) is 10.6. The summed E-state index contributed by atoms with van der Waals surface area (Å²) in [5, 5.41) is 21.1. The molecule has 0 aliphatic heterocycles. The molecule has 0 atom stereocenters. The summed E-state index contributed by atoms with van der Waals surface area (Å²) in [5.74, 6) is -1.65. The van der Waals surface area contributed by atoms with Gasteiger partial charge in [-0.15, -0.1) is 0 Å². The largest absolute Gasteiger partial charge is 0.507 e. The van der Waals surface area contributed by atoms with Crippen molar-refractivity contribution in [3.63, 3.8) is 0 Å². The molecule has 1 amide bonds. The van der Waals surface area contributed by atoms with E-state index in [1.165, 1.54) is 63.1 Å². The number of carboxylic acid groups (broad SMARTS) is 1. The number of hydrogen-bond acceptors (Lipinski definition) is 3. The maximum absolute atomic E-state index is 11.9. The quantitative estimate of drug-likeness (QED) is 0.331. The molecule has 0 saturated carbocycles. The lowest BCUT2D eigenvalue weighted by molar-refractivity contribution is -0.116. The van der Waals surface area contributed by atoms with Gasteiger partial charge >= 0.3 is 5.97 Å². The Bertz CT molecular complexity index is 542. The number of aromatic hydroxyl groups is 1. The number of benzene rings is 1. The maximum atomic E-state index is 11.9. The monoisotopic (exact) mass is 349 g/mol. The number of nitrogens with one attached hydrogen (secondary N) is 1. The van der Waals surface area contributed by atoms with E-state index in [1.807, 2.05) is 0 Å². The number of carboxylic acids is 1.